The summed E-state index contributed by atoms with van der Waals surface area (Å²) in [4.78, 5) is 3.96. The third kappa shape index (κ3) is 2.06. The lowest BCUT2D eigenvalue weighted by Gasteiger charge is -1.96. The molecule has 3 N–H and O–H groups in total. The Balaban J connectivity index is 2.10. The van der Waals surface area contributed by atoms with Gasteiger partial charge >= 0.3 is 0 Å². The highest BCUT2D eigenvalue weighted by molar-refractivity contribution is 7.99. The van der Waals surface area contributed by atoms with Gasteiger partial charge in [-0.25, -0.2) is 4.98 Å². The van der Waals surface area contributed by atoms with E-state index in [-0.39, 0.29) is 0 Å². The number of nitrogens with zero attached hydrogens (tertiary/aromatic N) is 4. The van der Waals surface area contributed by atoms with Crippen molar-refractivity contribution >= 4 is 11.8 Å². The molecule has 0 saturated carbocycles. The Morgan fingerprint density at radius 1 is 1.36 bits per heavy atom. The summed E-state index contributed by atoms with van der Waals surface area (Å²) < 4.78 is 0. The van der Waals surface area contributed by atoms with Crippen molar-refractivity contribution in [2.45, 2.75) is 16.7 Å². The molecule has 0 spiro atoms. The summed E-state index contributed by atoms with van der Waals surface area (Å²) in [5.41, 5.74) is 6.17. The topological polar surface area (TPSA) is 93.4 Å². The Kier molecular flexibility index (Phi) is 2.70. The van der Waals surface area contributed by atoms with E-state index in [1.165, 1.54) is 18.1 Å². The van der Waals surface area contributed by atoms with E-state index >= 15 is 0 Å². The van der Waals surface area contributed by atoms with Crippen molar-refractivity contribution in [1.29, 1.82) is 0 Å². The molecule has 0 aliphatic carbocycles. The predicted molar refractivity (Wildman–Crippen MR) is 50.4 cm³/mol. The summed E-state index contributed by atoms with van der Waals surface area (Å²) in [6, 6.07) is 3.69. The molecule has 72 valence electrons. The van der Waals surface area contributed by atoms with E-state index in [1.807, 2.05) is 12.1 Å². The van der Waals surface area contributed by atoms with Crippen LogP contribution in [0, 0.1) is 0 Å². The molecule has 0 aliphatic heterocycles. The second-order valence-corrected chi connectivity index (χ2v) is 3.47. The fourth-order valence-corrected chi connectivity index (χ4v) is 1.47. The Labute approximate surface area is 84.3 Å². The van der Waals surface area contributed by atoms with Crippen molar-refractivity contribution in [3.05, 3.63) is 24.2 Å². The second-order valence-electron chi connectivity index (χ2n) is 2.46. The molecule has 7 heteroatoms. The molecule has 2 heterocycles. The van der Waals surface area contributed by atoms with Crippen LogP contribution >= 0.6 is 11.8 Å². The molecule has 2 aromatic heterocycles. The van der Waals surface area contributed by atoms with E-state index < -0.39 is 0 Å². The van der Waals surface area contributed by atoms with E-state index in [0.717, 1.165) is 10.7 Å². The highest BCUT2D eigenvalue weighted by atomic mass is 32.2. The number of nitrogens with two attached hydrogens (primary N) is 1. The molecule has 0 unspecified atom stereocenters. The van der Waals surface area contributed by atoms with Gasteiger partial charge in [0.1, 0.15) is 11.4 Å². The first-order valence-electron chi connectivity index (χ1n) is 3.94. The summed E-state index contributed by atoms with van der Waals surface area (Å²) in [7, 11) is 0. The van der Waals surface area contributed by atoms with Gasteiger partial charge in [0.15, 0.2) is 5.16 Å². The zero-order chi connectivity index (χ0) is 9.80. The van der Waals surface area contributed by atoms with E-state index in [0.29, 0.717) is 11.7 Å². The van der Waals surface area contributed by atoms with Crippen LogP contribution in [0.4, 0.5) is 0 Å². The van der Waals surface area contributed by atoms with Gasteiger partial charge in [-0.2, -0.15) is 10.2 Å². The highest BCUT2D eigenvalue weighted by Gasteiger charge is 2.01. The fraction of sp³-hybridized carbons (Fsp3) is 0.143. The molecule has 0 fully saturated rings. The monoisotopic (exact) mass is 208 g/mol. The lowest BCUT2D eigenvalue weighted by molar-refractivity contribution is 0.842. The maximum Gasteiger partial charge on any atom is 0.189 e. The minimum absolute atomic E-state index is 0.403. The third-order valence-electron chi connectivity index (χ3n) is 1.50. The molecule has 0 radical (unpaired) electrons. The lowest BCUT2D eigenvalue weighted by atomic mass is 10.4. The number of H-pyrrole nitrogens is 1. The van der Waals surface area contributed by atoms with Crippen molar-refractivity contribution in [3.8, 4) is 0 Å². The van der Waals surface area contributed by atoms with Crippen LogP contribution in [-0.2, 0) is 6.54 Å². The number of nitrogens with one attached hydrogen (secondary N) is 1. The van der Waals surface area contributed by atoms with E-state index in [4.69, 9.17) is 5.73 Å². The molecule has 6 nitrogen and oxygen atoms in total. The summed E-state index contributed by atoms with van der Waals surface area (Å²) in [5.74, 6) is 0. The zero-order valence-electron chi connectivity index (χ0n) is 7.21. The van der Waals surface area contributed by atoms with Crippen molar-refractivity contribution in [1.82, 2.24) is 25.4 Å². The molecule has 0 aliphatic rings. The number of aromatic nitrogens is 5. The van der Waals surface area contributed by atoms with Crippen LogP contribution in [0.25, 0.3) is 0 Å². The third-order valence-corrected chi connectivity index (χ3v) is 2.32. The summed E-state index contributed by atoms with van der Waals surface area (Å²) >= 11 is 1.37. The van der Waals surface area contributed by atoms with Gasteiger partial charge in [0.25, 0.3) is 0 Å². The summed E-state index contributed by atoms with van der Waals surface area (Å²) in [6.45, 7) is 0.403. The summed E-state index contributed by atoms with van der Waals surface area (Å²) in [5, 5.41) is 15.8. The number of hydrogen-bond acceptors (Lipinski definition) is 6. The van der Waals surface area contributed by atoms with E-state index in [2.05, 4.69) is 25.4 Å². The highest BCUT2D eigenvalue weighted by Crippen LogP contribution is 2.20. The van der Waals surface area contributed by atoms with Gasteiger partial charge in [-0.3, -0.25) is 5.10 Å². The maximum absolute atomic E-state index is 5.40. The van der Waals surface area contributed by atoms with Crippen LogP contribution < -0.4 is 5.73 Å². The Hall–Kier alpha value is -1.47. The predicted octanol–water partition coefficient (Wildman–Crippen LogP) is 0.205. The average Bonchev–Trinajstić information content (AvgIpc) is 2.72. The molecule has 0 aromatic carbocycles. The van der Waals surface area contributed by atoms with Gasteiger partial charge in [-0.05, 0) is 23.9 Å². The van der Waals surface area contributed by atoms with Crippen LogP contribution in [0.1, 0.15) is 5.69 Å². The first-order valence-corrected chi connectivity index (χ1v) is 4.76. The minimum Gasteiger partial charge on any atom is -0.325 e. The molecule has 0 amide bonds. The molecule has 0 bridgehead atoms. The van der Waals surface area contributed by atoms with Gasteiger partial charge in [0.05, 0.1) is 5.69 Å². The van der Waals surface area contributed by atoms with Crippen molar-refractivity contribution in [2.24, 2.45) is 5.73 Å². The van der Waals surface area contributed by atoms with Gasteiger partial charge in [-0.1, -0.05) is 0 Å². The average molecular weight is 208 g/mol. The number of hydrogen-bond donors (Lipinski definition) is 2. The van der Waals surface area contributed by atoms with Crippen molar-refractivity contribution in [2.75, 3.05) is 0 Å². The largest absolute Gasteiger partial charge is 0.325 e. The van der Waals surface area contributed by atoms with Crippen LogP contribution in [0.15, 0.2) is 28.6 Å². The fourth-order valence-electron chi connectivity index (χ4n) is 0.853. The second kappa shape index (κ2) is 4.16. The number of aromatic amines is 1. The molecular weight excluding hydrogens is 200 g/mol. The van der Waals surface area contributed by atoms with Gasteiger partial charge in [0, 0.05) is 6.54 Å². The Morgan fingerprint density at radius 2 is 2.29 bits per heavy atom. The van der Waals surface area contributed by atoms with Gasteiger partial charge in [-0.15, -0.1) is 5.10 Å². The molecule has 14 heavy (non-hydrogen) atoms. The van der Waals surface area contributed by atoms with E-state index in [9.17, 15) is 0 Å². The lowest BCUT2D eigenvalue weighted by Crippen LogP contribution is -2.00. The molecule has 2 rings (SSSR count). The van der Waals surface area contributed by atoms with Gasteiger partial charge < -0.3 is 5.73 Å². The standard InChI is InChI=1S/C7H8N6S/c8-3-5-1-2-6(12-11-5)14-7-9-4-10-13-7/h1-2,4H,3,8H2,(H,9,10,13). The minimum atomic E-state index is 0.403. The van der Waals surface area contributed by atoms with Crippen molar-refractivity contribution in [3.63, 3.8) is 0 Å². The van der Waals surface area contributed by atoms with Crippen LogP contribution in [0.2, 0.25) is 0 Å². The van der Waals surface area contributed by atoms with E-state index in [1.54, 1.807) is 0 Å². The molecule has 2 aromatic rings. The summed E-state index contributed by atoms with van der Waals surface area (Å²) in [6.07, 6.45) is 1.45. The zero-order valence-corrected chi connectivity index (χ0v) is 8.03. The normalized spacial score (nSPS) is 10.4. The van der Waals surface area contributed by atoms with Gasteiger partial charge in [0.2, 0.25) is 0 Å². The SMILES string of the molecule is NCc1ccc(Sc2ncn[nH]2)nn1. The smallest absolute Gasteiger partial charge is 0.189 e. The molecule has 0 saturated heterocycles. The quantitative estimate of drug-likeness (QED) is 0.748. The van der Waals surface area contributed by atoms with Crippen LogP contribution in [0.5, 0.6) is 0 Å². The number of rotatable bonds is 3. The first kappa shape index (κ1) is 9.10. The Morgan fingerprint density at radius 3 is 2.86 bits per heavy atom. The van der Waals surface area contributed by atoms with Crippen LogP contribution in [0.3, 0.4) is 0 Å². The molecular formula is C7H8N6S. The first-order chi connectivity index (χ1) is 6.88. The van der Waals surface area contributed by atoms with Crippen LogP contribution in [-0.4, -0.2) is 25.4 Å². The molecule has 0 atom stereocenters. The van der Waals surface area contributed by atoms with Crippen molar-refractivity contribution < 1.29 is 0 Å². The maximum atomic E-state index is 5.40. The Bertz CT molecular complexity index is 383.